The van der Waals surface area contributed by atoms with Crippen LogP contribution in [0.1, 0.15) is 51.5 Å². The van der Waals surface area contributed by atoms with E-state index in [2.05, 4.69) is 47.2 Å². The predicted octanol–water partition coefficient (Wildman–Crippen LogP) is 3.29. The van der Waals surface area contributed by atoms with Crippen LogP contribution in [-0.4, -0.2) is 61.6 Å². The molecule has 0 radical (unpaired) electrons. The second-order valence-corrected chi connectivity index (χ2v) is 7.31. The molecule has 152 valence electrons. The SMILES string of the molecule is CCN(CC)CCC(=O)NCCCOc1cccc(CN2CCCCC2)c1. The topological polar surface area (TPSA) is 44.8 Å². The lowest BCUT2D eigenvalue weighted by Crippen LogP contribution is -2.31. The molecule has 2 rings (SSSR count). The van der Waals surface area contributed by atoms with Crippen LogP contribution in [0.25, 0.3) is 0 Å². The Labute approximate surface area is 165 Å². The van der Waals surface area contributed by atoms with Crippen molar-refractivity contribution in [1.29, 1.82) is 0 Å². The van der Waals surface area contributed by atoms with Gasteiger partial charge < -0.3 is 15.0 Å². The largest absolute Gasteiger partial charge is 0.494 e. The standard InChI is InChI=1S/C22H37N3O2/c1-3-24(4-2)16-12-22(26)23-13-9-17-27-21-11-8-10-20(18-21)19-25-14-6-5-7-15-25/h8,10-11,18H,3-7,9,12-17,19H2,1-2H3,(H,23,26). The number of carbonyl (C=O) groups is 1. The fourth-order valence-electron chi connectivity index (χ4n) is 3.49. The summed E-state index contributed by atoms with van der Waals surface area (Å²) < 4.78 is 5.87. The van der Waals surface area contributed by atoms with Gasteiger partial charge in [0.15, 0.2) is 0 Å². The van der Waals surface area contributed by atoms with Crippen LogP contribution in [0.5, 0.6) is 5.75 Å². The summed E-state index contributed by atoms with van der Waals surface area (Å²) in [4.78, 5) is 16.7. The molecule has 0 aliphatic carbocycles. The fraction of sp³-hybridized carbons (Fsp3) is 0.682. The van der Waals surface area contributed by atoms with Gasteiger partial charge in [0.25, 0.3) is 0 Å². The van der Waals surface area contributed by atoms with Gasteiger partial charge in [-0.05, 0) is 63.1 Å². The van der Waals surface area contributed by atoms with Crippen LogP contribution in [0.2, 0.25) is 0 Å². The van der Waals surface area contributed by atoms with Crippen molar-refractivity contribution in [3.63, 3.8) is 0 Å². The minimum absolute atomic E-state index is 0.130. The number of rotatable bonds is 12. The van der Waals surface area contributed by atoms with Crippen LogP contribution >= 0.6 is 0 Å². The van der Waals surface area contributed by atoms with Gasteiger partial charge in [-0.15, -0.1) is 0 Å². The maximum atomic E-state index is 11.9. The average molecular weight is 376 g/mol. The van der Waals surface area contributed by atoms with Crippen LogP contribution in [0, 0.1) is 0 Å². The zero-order valence-corrected chi connectivity index (χ0v) is 17.2. The summed E-state index contributed by atoms with van der Waals surface area (Å²) >= 11 is 0. The van der Waals surface area contributed by atoms with E-state index in [9.17, 15) is 4.79 Å². The minimum atomic E-state index is 0.130. The van der Waals surface area contributed by atoms with Crippen LogP contribution < -0.4 is 10.1 Å². The third-order valence-electron chi connectivity index (χ3n) is 5.21. The molecular weight excluding hydrogens is 338 g/mol. The number of hydrogen-bond acceptors (Lipinski definition) is 4. The van der Waals surface area contributed by atoms with E-state index >= 15 is 0 Å². The molecule has 5 nitrogen and oxygen atoms in total. The lowest BCUT2D eigenvalue weighted by Gasteiger charge is -2.26. The molecule has 1 amide bonds. The number of nitrogens with zero attached hydrogens (tertiary/aromatic N) is 2. The van der Waals surface area contributed by atoms with Gasteiger partial charge in [0, 0.05) is 26.1 Å². The van der Waals surface area contributed by atoms with Gasteiger partial charge in [-0.2, -0.15) is 0 Å². The average Bonchev–Trinajstić information content (AvgIpc) is 2.69. The van der Waals surface area contributed by atoms with Crippen molar-refractivity contribution in [2.75, 3.05) is 45.9 Å². The number of hydrogen-bond donors (Lipinski definition) is 1. The Bertz CT molecular complexity index is 540. The molecule has 1 saturated heterocycles. The lowest BCUT2D eigenvalue weighted by molar-refractivity contribution is -0.121. The molecule has 0 saturated carbocycles. The van der Waals surface area contributed by atoms with Crippen LogP contribution in [-0.2, 0) is 11.3 Å². The molecule has 5 heteroatoms. The molecular formula is C22H37N3O2. The molecule has 1 fully saturated rings. The molecule has 1 aromatic rings. The first kappa shape index (κ1) is 21.7. The van der Waals surface area contributed by atoms with E-state index in [4.69, 9.17) is 4.74 Å². The quantitative estimate of drug-likeness (QED) is 0.570. The Balaban J connectivity index is 1.59. The molecule has 1 N–H and O–H groups in total. The maximum Gasteiger partial charge on any atom is 0.221 e. The van der Waals surface area contributed by atoms with E-state index in [1.807, 2.05) is 6.07 Å². The highest BCUT2D eigenvalue weighted by Gasteiger charge is 2.10. The molecule has 0 aromatic heterocycles. The molecule has 27 heavy (non-hydrogen) atoms. The number of likely N-dealkylation sites (tertiary alicyclic amines) is 1. The number of nitrogens with one attached hydrogen (secondary N) is 1. The molecule has 0 atom stereocenters. The monoisotopic (exact) mass is 375 g/mol. The van der Waals surface area contributed by atoms with E-state index in [1.54, 1.807) is 0 Å². The first-order valence-electron chi connectivity index (χ1n) is 10.6. The zero-order valence-electron chi connectivity index (χ0n) is 17.2. The highest BCUT2D eigenvalue weighted by Crippen LogP contribution is 2.17. The van der Waals surface area contributed by atoms with Crippen molar-refractivity contribution in [3.05, 3.63) is 29.8 Å². The van der Waals surface area contributed by atoms with Gasteiger partial charge in [0.05, 0.1) is 6.61 Å². The molecule has 0 spiro atoms. The molecule has 0 bridgehead atoms. The third kappa shape index (κ3) is 8.76. The van der Waals surface area contributed by atoms with Crippen LogP contribution in [0.15, 0.2) is 24.3 Å². The second-order valence-electron chi connectivity index (χ2n) is 7.31. The normalized spacial score (nSPS) is 15.1. The number of ether oxygens (including phenoxy) is 1. The van der Waals surface area contributed by atoms with Gasteiger partial charge in [0.2, 0.25) is 5.91 Å². The Kier molecular flexibility index (Phi) is 10.2. The van der Waals surface area contributed by atoms with Crippen molar-refractivity contribution in [1.82, 2.24) is 15.1 Å². The third-order valence-corrected chi connectivity index (χ3v) is 5.21. The van der Waals surface area contributed by atoms with E-state index in [0.717, 1.165) is 38.3 Å². The second kappa shape index (κ2) is 12.7. The highest BCUT2D eigenvalue weighted by molar-refractivity contribution is 5.75. The number of piperidine rings is 1. The van der Waals surface area contributed by atoms with E-state index in [-0.39, 0.29) is 5.91 Å². The summed E-state index contributed by atoms with van der Waals surface area (Å²) in [5.74, 6) is 1.06. The Morgan fingerprint density at radius 1 is 1.19 bits per heavy atom. The molecule has 1 aromatic carbocycles. The van der Waals surface area contributed by atoms with Gasteiger partial charge in [-0.25, -0.2) is 0 Å². The van der Waals surface area contributed by atoms with Gasteiger partial charge in [0.1, 0.15) is 5.75 Å². The Hall–Kier alpha value is -1.59. The molecule has 0 unspecified atom stereocenters. The lowest BCUT2D eigenvalue weighted by atomic mass is 10.1. The van der Waals surface area contributed by atoms with Crippen molar-refractivity contribution < 1.29 is 9.53 Å². The smallest absolute Gasteiger partial charge is 0.221 e. The van der Waals surface area contributed by atoms with Gasteiger partial charge in [-0.3, -0.25) is 9.69 Å². The van der Waals surface area contributed by atoms with Crippen LogP contribution in [0.3, 0.4) is 0 Å². The van der Waals surface area contributed by atoms with E-state index in [1.165, 1.54) is 37.9 Å². The van der Waals surface area contributed by atoms with Crippen molar-refractivity contribution in [2.45, 2.75) is 52.5 Å². The Morgan fingerprint density at radius 3 is 2.70 bits per heavy atom. The van der Waals surface area contributed by atoms with Crippen LogP contribution in [0.4, 0.5) is 0 Å². The van der Waals surface area contributed by atoms with Crippen molar-refractivity contribution in [3.8, 4) is 5.75 Å². The maximum absolute atomic E-state index is 11.9. The summed E-state index contributed by atoms with van der Waals surface area (Å²) in [6.07, 6.45) is 5.40. The Morgan fingerprint density at radius 2 is 1.96 bits per heavy atom. The number of amides is 1. The first-order valence-corrected chi connectivity index (χ1v) is 10.6. The van der Waals surface area contributed by atoms with E-state index in [0.29, 0.717) is 19.6 Å². The summed E-state index contributed by atoms with van der Waals surface area (Å²) in [5, 5.41) is 2.99. The number of benzene rings is 1. The summed E-state index contributed by atoms with van der Waals surface area (Å²) in [7, 11) is 0. The highest BCUT2D eigenvalue weighted by atomic mass is 16.5. The van der Waals surface area contributed by atoms with Crippen molar-refractivity contribution >= 4 is 5.91 Å². The molecule has 1 aliphatic rings. The van der Waals surface area contributed by atoms with Gasteiger partial charge >= 0.3 is 0 Å². The minimum Gasteiger partial charge on any atom is -0.494 e. The summed E-state index contributed by atoms with van der Waals surface area (Å²) in [6.45, 7) is 11.8. The predicted molar refractivity (Wildman–Crippen MR) is 111 cm³/mol. The molecule has 1 heterocycles. The van der Waals surface area contributed by atoms with Gasteiger partial charge in [-0.1, -0.05) is 32.4 Å². The summed E-state index contributed by atoms with van der Waals surface area (Å²) in [5.41, 5.74) is 1.32. The zero-order chi connectivity index (χ0) is 19.3. The molecule has 1 aliphatic heterocycles. The van der Waals surface area contributed by atoms with Crippen molar-refractivity contribution in [2.24, 2.45) is 0 Å². The summed E-state index contributed by atoms with van der Waals surface area (Å²) in [6, 6.07) is 8.42. The first-order chi connectivity index (χ1) is 13.2. The number of carbonyl (C=O) groups excluding carboxylic acids is 1. The van der Waals surface area contributed by atoms with E-state index < -0.39 is 0 Å². The fourth-order valence-corrected chi connectivity index (χ4v) is 3.49.